The lowest BCUT2D eigenvalue weighted by Crippen LogP contribution is -2.09. The highest BCUT2D eigenvalue weighted by Gasteiger charge is 2.01. The molecule has 75 valence electrons. The fourth-order valence-corrected chi connectivity index (χ4v) is 1.02. The van der Waals surface area contributed by atoms with Crippen molar-refractivity contribution in [2.75, 3.05) is 13.2 Å². The van der Waals surface area contributed by atoms with E-state index in [1.54, 1.807) is 0 Å². The van der Waals surface area contributed by atoms with Crippen molar-refractivity contribution in [1.29, 1.82) is 0 Å². The largest absolute Gasteiger partial charge is 0.508 e. The van der Waals surface area contributed by atoms with Gasteiger partial charge in [-0.3, -0.25) is 0 Å². The Bertz CT molecular complexity index is 269. The predicted octanol–water partition coefficient (Wildman–Crippen LogP) is 2.22. The monoisotopic (exact) mass is 193 g/mol. The minimum atomic E-state index is -0.657. The van der Waals surface area contributed by atoms with Crippen molar-refractivity contribution in [3.63, 3.8) is 0 Å². The van der Waals surface area contributed by atoms with E-state index < -0.39 is 6.16 Å². The Balaban J connectivity index is 2.19. The van der Waals surface area contributed by atoms with E-state index in [1.807, 2.05) is 30.3 Å². The molecule has 0 amide bonds. The van der Waals surface area contributed by atoms with Crippen molar-refractivity contribution in [1.82, 2.24) is 0 Å². The van der Waals surface area contributed by atoms with E-state index in [9.17, 15) is 4.79 Å². The molecule has 3 nitrogen and oxygen atoms in total. The average molecular weight is 193 g/mol. The van der Waals surface area contributed by atoms with E-state index in [0.717, 1.165) is 5.56 Å². The highest BCUT2D eigenvalue weighted by atomic mass is 16.7. The fourth-order valence-electron chi connectivity index (χ4n) is 1.02. The summed E-state index contributed by atoms with van der Waals surface area (Å²) in [6, 6.07) is 9.81. The molecule has 0 fully saturated rings. The Hall–Kier alpha value is -1.51. The van der Waals surface area contributed by atoms with Crippen LogP contribution in [-0.2, 0) is 15.9 Å². The molecule has 0 aromatic heterocycles. The zero-order valence-corrected chi connectivity index (χ0v) is 7.94. The van der Waals surface area contributed by atoms with E-state index in [0.29, 0.717) is 13.0 Å². The summed E-state index contributed by atoms with van der Waals surface area (Å²) in [7, 11) is 0. The molecular formula is C11H13O3. The molecule has 3 heteroatoms. The van der Waals surface area contributed by atoms with Crippen LogP contribution in [0.15, 0.2) is 30.3 Å². The van der Waals surface area contributed by atoms with Gasteiger partial charge in [0, 0.05) is 6.42 Å². The first-order valence-electron chi connectivity index (χ1n) is 4.45. The molecule has 0 aliphatic heterocycles. The lowest BCUT2D eigenvalue weighted by atomic mass is 10.2. The Morgan fingerprint density at radius 1 is 1.21 bits per heavy atom. The Kier molecular flexibility index (Phi) is 4.55. The van der Waals surface area contributed by atoms with Crippen LogP contribution < -0.4 is 0 Å². The average Bonchev–Trinajstić information content (AvgIpc) is 2.20. The molecule has 0 aliphatic carbocycles. The first-order chi connectivity index (χ1) is 6.83. The van der Waals surface area contributed by atoms with Crippen LogP contribution in [0.5, 0.6) is 0 Å². The second-order valence-corrected chi connectivity index (χ2v) is 2.68. The molecule has 0 aliphatic rings. The van der Waals surface area contributed by atoms with Crippen molar-refractivity contribution in [3.8, 4) is 0 Å². The minimum Gasteiger partial charge on any atom is -0.434 e. The van der Waals surface area contributed by atoms with Crippen molar-refractivity contribution in [2.45, 2.75) is 6.42 Å². The molecule has 0 heterocycles. The molecule has 1 aromatic rings. The van der Waals surface area contributed by atoms with Gasteiger partial charge >= 0.3 is 6.16 Å². The number of hydrogen-bond acceptors (Lipinski definition) is 3. The number of ether oxygens (including phenoxy) is 2. The maximum Gasteiger partial charge on any atom is 0.508 e. The number of rotatable bonds is 4. The topological polar surface area (TPSA) is 35.5 Å². The summed E-state index contributed by atoms with van der Waals surface area (Å²) < 4.78 is 9.29. The lowest BCUT2D eigenvalue weighted by molar-refractivity contribution is 0.0637. The highest BCUT2D eigenvalue weighted by Crippen LogP contribution is 1.99. The maximum atomic E-state index is 10.7. The maximum absolute atomic E-state index is 10.7. The van der Waals surface area contributed by atoms with E-state index in [2.05, 4.69) is 11.7 Å². The molecule has 1 radical (unpaired) electrons. The molecular weight excluding hydrogens is 180 g/mol. The first-order valence-corrected chi connectivity index (χ1v) is 4.45. The quantitative estimate of drug-likeness (QED) is 0.688. The van der Waals surface area contributed by atoms with Crippen molar-refractivity contribution in [2.24, 2.45) is 0 Å². The van der Waals surface area contributed by atoms with E-state index >= 15 is 0 Å². The Morgan fingerprint density at radius 3 is 2.57 bits per heavy atom. The summed E-state index contributed by atoms with van der Waals surface area (Å²) in [6.45, 7) is 3.81. The Labute approximate surface area is 83.6 Å². The van der Waals surface area contributed by atoms with Gasteiger partial charge in [-0.2, -0.15) is 0 Å². The minimum absolute atomic E-state index is 0.101. The number of hydrogen-bond donors (Lipinski definition) is 0. The van der Waals surface area contributed by atoms with Gasteiger partial charge in [-0.15, -0.1) is 0 Å². The number of benzene rings is 1. The SMILES string of the molecule is [CH2]COC(=O)OCCc1ccccc1. The van der Waals surface area contributed by atoms with Gasteiger partial charge in [0.05, 0.1) is 13.2 Å². The van der Waals surface area contributed by atoms with E-state index in [1.165, 1.54) is 0 Å². The standard InChI is InChI=1S/C11H13O3/c1-2-13-11(12)14-9-8-10-6-4-3-5-7-10/h3-7H,1-2,8-9H2. The van der Waals surface area contributed by atoms with Gasteiger partial charge < -0.3 is 9.47 Å². The first kappa shape index (κ1) is 10.6. The normalized spacial score (nSPS) is 9.50. The molecule has 0 unspecified atom stereocenters. The van der Waals surface area contributed by atoms with Gasteiger partial charge in [0.15, 0.2) is 0 Å². The van der Waals surface area contributed by atoms with Crippen molar-refractivity contribution < 1.29 is 14.3 Å². The van der Waals surface area contributed by atoms with E-state index in [-0.39, 0.29) is 6.61 Å². The van der Waals surface area contributed by atoms with Crippen molar-refractivity contribution in [3.05, 3.63) is 42.8 Å². The summed E-state index contributed by atoms with van der Waals surface area (Å²) >= 11 is 0. The highest BCUT2D eigenvalue weighted by molar-refractivity contribution is 5.59. The van der Waals surface area contributed by atoms with Crippen LogP contribution in [0.1, 0.15) is 5.56 Å². The van der Waals surface area contributed by atoms with Crippen molar-refractivity contribution >= 4 is 6.16 Å². The lowest BCUT2D eigenvalue weighted by Gasteiger charge is -2.03. The van der Waals surface area contributed by atoms with Crippen LogP contribution >= 0.6 is 0 Å². The van der Waals surface area contributed by atoms with Crippen LogP contribution in [0.2, 0.25) is 0 Å². The molecule has 0 N–H and O–H groups in total. The van der Waals surface area contributed by atoms with Gasteiger partial charge in [-0.1, -0.05) is 30.3 Å². The third-order valence-electron chi connectivity index (χ3n) is 1.67. The summed E-state index contributed by atoms with van der Waals surface area (Å²) in [5.74, 6) is 0. The summed E-state index contributed by atoms with van der Waals surface area (Å²) in [6.07, 6.45) is 0.0449. The molecule has 0 atom stereocenters. The molecule has 0 saturated carbocycles. The van der Waals surface area contributed by atoms with Crippen LogP contribution in [0.25, 0.3) is 0 Å². The second-order valence-electron chi connectivity index (χ2n) is 2.68. The smallest absolute Gasteiger partial charge is 0.434 e. The zero-order chi connectivity index (χ0) is 10.2. The number of carbonyl (C=O) groups is 1. The molecule has 1 rings (SSSR count). The molecule has 0 bridgehead atoms. The molecule has 1 aromatic carbocycles. The fraction of sp³-hybridized carbons (Fsp3) is 0.273. The summed E-state index contributed by atoms with van der Waals surface area (Å²) in [5, 5.41) is 0. The van der Waals surface area contributed by atoms with Gasteiger partial charge in [-0.25, -0.2) is 4.79 Å². The zero-order valence-electron chi connectivity index (χ0n) is 7.94. The number of carbonyl (C=O) groups excluding carboxylic acids is 1. The second kappa shape index (κ2) is 6.02. The third kappa shape index (κ3) is 3.94. The summed E-state index contributed by atoms with van der Waals surface area (Å²) in [4.78, 5) is 10.7. The summed E-state index contributed by atoms with van der Waals surface area (Å²) in [5.41, 5.74) is 1.13. The van der Waals surface area contributed by atoms with Gasteiger partial charge in [0.2, 0.25) is 0 Å². The third-order valence-corrected chi connectivity index (χ3v) is 1.67. The van der Waals surface area contributed by atoms with Crippen LogP contribution in [0.4, 0.5) is 4.79 Å². The predicted molar refractivity (Wildman–Crippen MR) is 52.8 cm³/mol. The van der Waals surface area contributed by atoms with E-state index in [4.69, 9.17) is 4.74 Å². The van der Waals surface area contributed by atoms with Gasteiger partial charge in [0.25, 0.3) is 0 Å². The van der Waals surface area contributed by atoms with Gasteiger partial charge in [-0.05, 0) is 12.5 Å². The van der Waals surface area contributed by atoms with Crippen LogP contribution in [0.3, 0.4) is 0 Å². The molecule has 0 saturated heterocycles. The molecule has 14 heavy (non-hydrogen) atoms. The molecule has 0 spiro atoms. The van der Waals surface area contributed by atoms with Gasteiger partial charge in [0.1, 0.15) is 0 Å². The van der Waals surface area contributed by atoms with Crippen LogP contribution in [-0.4, -0.2) is 19.4 Å². The van der Waals surface area contributed by atoms with Crippen LogP contribution in [0, 0.1) is 6.92 Å². The Morgan fingerprint density at radius 2 is 1.93 bits per heavy atom.